The first-order valence-corrected chi connectivity index (χ1v) is 15.1. The molecule has 2 fully saturated rings. The quantitative estimate of drug-likeness (QED) is 0.232. The molecule has 0 aromatic heterocycles. The van der Waals surface area contributed by atoms with Gasteiger partial charge in [0.25, 0.3) is 5.91 Å². The van der Waals surface area contributed by atoms with Gasteiger partial charge in [-0.2, -0.15) is 0 Å². The van der Waals surface area contributed by atoms with Gasteiger partial charge in [0.05, 0.1) is 0 Å². The summed E-state index contributed by atoms with van der Waals surface area (Å²) in [4.78, 5) is 27.3. The molecule has 0 aliphatic heterocycles. The molecule has 0 spiro atoms. The largest absolute Gasteiger partial charge is 0.508 e. The van der Waals surface area contributed by atoms with Crippen LogP contribution in [0.4, 0.5) is 5.69 Å². The molecule has 2 amide bonds. The lowest BCUT2D eigenvalue weighted by Crippen LogP contribution is -2.57. The van der Waals surface area contributed by atoms with Crippen molar-refractivity contribution in [2.45, 2.75) is 82.7 Å². The number of nitrogen functional groups attached to an aromatic ring is 1. The molecule has 2 unspecified atom stereocenters. The Morgan fingerprint density at radius 2 is 1.61 bits per heavy atom. The topological polar surface area (TPSA) is 104 Å². The van der Waals surface area contributed by atoms with Crippen molar-refractivity contribution in [3.05, 3.63) is 95.1 Å². The monoisotopic (exact) mass is 553 g/mol. The lowest BCUT2D eigenvalue weighted by molar-refractivity contribution is -0.126. The van der Waals surface area contributed by atoms with Gasteiger partial charge in [-0.25, -0.2) is 0 Å². The third-order valence-corrected chi connectivity index (χ3v) is 9.01. The number of fused-ring (bicyclic) bond motifs is 2. The fourth-order valence-corrected chi connectivity index (χ4v) is 6.99. The van der Waals surface area contributed by atoms with E-state index < -0.39 is 6.04 Å². The number of amides is 2. The minimum Gasteiger partial charge on any atom is -0.508 e. The van der Waals surface area contributed by atoms with Gasteiger partial charge in [0.2, 0.25) is 5.91 Å². The average Bonchev–Trinajstić information content (AvgIpc) is 2.95. The highest BCUT2D eigenvalue weighted by Gasteiger charge is 2.41. The molecule has 41 heavy (non-hydrogen) atoms. The van der Waals surface area contributed by atoms with E-state index in [1.54, 1.807) is 24.3 Å². The van der Waals surface area contributed by atoms with Gasteiger partial charge >= 0.3 is 0 Å². The van der Waals surface area contributed by atoms with Gasteiger partial charge in [0.15, 0.2) is 0 Å². The Bertz CT molecular complexity index is 1330. The summed E-state index contributed by atoms with van der Waals surface area (Å²) in [5.41, 5.74) is 10.3. The number of benzene rings is 3. The number of aryl methyl sites for hydroxylation is 3. The van der Waals surface area contributed by atoms with Crippen LogP contribution in [0.2, 0.25) is 0 Å². The molecule has 0 saturated heterocycles. The first-order chi connectivity index (χ1) is 19.8. The Labute approximate surface area is 243 Å². The highest BCUT2D eigenvalue weighted by molar-refractivity contribution is 5.98. The van der Waals surface area contributed by atoms with E-state index in [4.69, 9.17) is 5.73 Å². The number of aromatic hydroxyl groups is 1. The van der Waals surface area contributed by atoms with Crippen LogP contribution in [0.1, 0.15) is 78.9 Å². The maximum atomic E-state index is 13.8. The smallest absolute Gasteiger partial charge is 0.251 e. The zero-order valence-electron chi connectivity index (χ0n) is 24.1. The van der Waals surface area contributed by atoms with Gasteiger partial charge in [0, 0.05) is 16.8 Å². The van der Waals surface area contributed by atoms with Crippen molar-refractivity contribution < 1.29 is 14.7 Å². The van der Waals surface area contributed by atoms with Crippen molar-refractivity contribution >= 4 is 17.5 Å². The van der Waals surface area contributed by atoms with Crippen molar-refractivity contribution in [2.75, 3.05) is 5.73 Å². The van der Waals surface area contributed by atoms with Crippen LogP contribution in [-0.4, -0.2) is 28.5 Å². The molecule has 2 bridgehead atoms. The Kier molecular flexibility index (Phi) is 8.96. The molecule has 0 radical (unpaired) electrons. The molecule has 6 heteroatoms. The van der Waals surface area contributed by atoms with Crippen LogP contribution in [0.15, 0.2) is 72.8 Å². The number of nitrogens with two attached hydrogens (primary N) is 1. The molecule has 5 rings (SSSR count). The van der Waals surface area contributed by atoms with Crippen LogP contribution in [0, 0.1) is 11.8 Å². The van der Waals surface area contributed by atoms with Gasteiger partial charge in [-0.15, -0.1) is 0 Å². The van der Waals surface area contributed by atoms with E-state index in [9.17, 15) is 14.7 Å². The molecule has 2 aliphatic carbocycles. The fourth-order valence-electron chi connectivity index (χ4n) is 6.99. The summed E-state index contributed by atoms with van der Waals surface area (Å²) in [6, 6.07) is 21.9. The Balaban J connectivity index is 1.28. The Morgan fingerprint density at radius 1 is 0.927 bits per heavy atom. The van der Waals surface area contributed by atoms with E-state index in [0.717, 1.165) is 36.0 Å². The summed E-state index contributed by atoms with van der Waals surface area (Å²) >= 11 is 0. The van der Waals surface area contributed by atoms with Crippen LogP contribution in [-0.2, 0) is 24.1 Å². The minimum absolute atomic E-state index is 0.0975. The van der Waals surface area contributed by atoms with Crippen molar-refractivity contribution in [2.24, 2.45) is 11.8 Å². The lowest BCUT2D eigenvalue weighted by atomic mass is 9.65. The fraction of sp³-hybridized carbons (Fsp3) is 0.429. The van der Waals surface area contributed by atoms with Crippen LogP contribution < -0.4 is 16.4 Å². The number of phenols is 1. The molecule has 3 aromatic carbocycles. The molecule has 216 valence electrons. The number of phenolic OH excluding ortho intramolecular Hbond substituents is 1. The zero-order valence-corrected chi connectivity index (χ0v) is 24.1. The van der Waals surface area contributed by atoms with Crippen molar-refractivity contribution in [3.8, 4) is 5.75 Å². The van der Waals surface area contributed by atoms with Gasteiger partial charge in [0.1, 0.15) is 11.8 Å². The molecule has 5 N–H and O–H groups in total. The zero-order chi connectivity index (χ0) is 28.8. The Morgan fingerprint density at radius 3 is 2.32 bits per heavy atom. The average molecular weight is 554 g/mol. The van der Waals surface area contributed by atoms with Crippen LogP contribution >= 0.6 is 0 Å². The van der Waals surface area contributed by atoms with E-state index >= 15 is 0 Å². The molecular weight excluding hydrogens is 510 g/mol. The summed E-state index contributed by atoms with van der Waals surface area (Å²) in [6.45, 7) is 2.19. The van der Waals surface area contributed by atoms with E-state index in [1.807, 2.05) is 36.4 Å². The number of carbonyl (C=O) groups excluding carboxylic acids is 2. The maximum Gasteiger partial charge on any atom is 0.251 e. The number of hydrogen-bond donors (Lipinski definition) is 4. The third kappa shape index (κ3) is 7.69. The number of nitrogens with one attached hydrogen (secondary N) is 2. The van der Waals surface area contributed by atoms with E-state index in [2.05, 4.69) is 29.7 Å². The first-order valence-electron chi connectivity index (χ1n) is 15.1. The van der Waals surface area contributed by atoms with Crippen LogP contribution in [0.3, 0.4) is 0 Å². The van der Waals surface area contributed by atoms with Gasteiger partial charge in [-0.1, -0.05) is 61.7 Å². The summed E-state index contributed by atoms with van der Waals surface area (Å²) in [5.74, 6) is 1.23. The number of hydrogen-bond acceptors (Lipinski definition) is 4. The second-order valence-corrected chi connectivity index (χ2v) is 12.5. The van der Waals surface area contributed by atoms with Gasteiger partial charge in [-0.3, -0.25) is 9.59 Å². The summed E-state index contributed by atoms with van der Waals surface area (Å²) in [6.07, 6.45) is 9.72. The van der Waals surface area contributed by atoms with Crippen molar-refractivity contribution in [1.82, 2.24) is 10.6 Å². The molecule has 3 atom stereocenters. The Hall–Kier alpha value is -3.80. The summed E-state index contributed by atoms with van der Waals surface area (Å²) in [7, 11) is 0. The second-order valence-electron chi connectivity index (χ2n) is 12.5. The number of carbonyl (C=O) groups is 2. The maximum absolute atomic E-state index is 13.8. The molecule has 2 aliphatic rings. The van der Waals surface area contributed by atoms with Gasteiger partial charge < -0.3 is 21.5 Å². The van der Waals surface area contributed by atoms with Gasteiger partial charge in [-0.05, 0) is 111 Å². The highest BCUT2D eigenvalue weighted by atomic mass is 16.3. The van der Waals surface area contributed by atoms with E-state index in [0.29, 0.717) is 42.3 Å². The van der Waals surface area contributed by atoms with Crippen LogP contribution in [0.25, 0.3) is 0 Å². The highest BCUT2D eigenvalue weighted by Crippen LogP contribution is 2.44. The SMILES string of the molecule is CC1(NC(=O)[C@H](CCc2ccccc2)NC(=O)c2ccc(N)c(CCc3ccc(O)cc3)c2)CC2CCCC(C2)C1. The second kappa shape index (κ2) is 12.8. The first kappa shape index (κ1) is 28.7. The van der Waals surface area contributed by atoms with Crippen molar-refractivity contribution in [3.63, 3.8) is 0 Å². The standard InChI is InChI=1S/C35H43N3O3/c1-35(22-26-8-5-9-27(20-26)23-35)38-34(41)32(19-13-24-6-3-2-4-7-24)37-33(40)29-15-18-31(36)28(21-29)14-10-25-11-16-30(39)17-12-25/h2-4,6-7,11-12,15-18,21,26-27,32,39H,5,8-10,13-14,19-20,22-23,36H2,1H3,(H,37,40)(H,38,41)/t26?,27?,32-,35?/m0/s1. The molecule has 0 heterocycles. The van der Waals surface area contributed by atoms with Crippen LogP contribution in [0.5, 0.6) is 5.75 Å². The van der Waals surface area contributed by atoms with E-state index in [1.165, 1.54) is 25.7 Å². The lowest BCUT2D eigenvalue weighted by Gasteiger charge is -2.46. The summed E-state index contributed by atoms with van der Waals surface area (Å²) in [5, 5.41) is 16.0. The molecule has 2 saturated carbocycles. The predicted octanol–water partition coefficient (Wildman–Crippen LogP) is 5.97. The third-order valence-electron chi connectivity index (χ3n) is 9.01. The predicted molar refractivity (Wildman–Crippen MR) is 164 cm³/mol. The van der Waals surface area contributed by atoms with Crippen molar-refractivity contribution in [1.29, 1.82) is 0 Å². The minimum atomic E-state index is -0.640. The number of rotatable bonds is 10. The molecule has 3 aromatic rings. The van der Waals surface area contributed by atoms with E-state index in [-0.39, 0.29) is 23.1 Å². The molecular formula is C35H43N3O3. The normalized spacial score (nSPS) is 22.5. The molecule has 6 nitrogen and oxygen atoms in total. The number of anilines is 1. The summed E-state index contributed by atoms with van der Waals surface area (Å²) < 4.78 is 0.